The van der Waals surface area contributed by atoms with Crippen molar-refractivity contribution in [1.29, 1.82) is 0 Å². The lowest BCUT2D eigenvalue weighted by Gasteiger charge is -2.05. The fourth-order valence-electron chi connectivity index (χ4n) is 5.78. The van der Waals surface area contributed by atoms with Gasteiger partial charge in [0.15, 0.2) is 0 Å². The Morgan fingerprint density at radius 2 is 1.02 bits per heavy atom. The Balaban J connectivity index is 1.26. The van der Waals surface area contributed by atoms with Crippen LogP contribution in [0.2, 0.25) is 0 Å². The summed E-state index contributed by atoms with van der Waals surface area (Å²) >= 11 is 1.91. The highest BCUT2D eigenvalue weighted by Crippen LogP contribution is 2.39. The molecule has 0 aliphatic carbocycles. The molecule has 40 heavy (non-hydrogen) atoms. The second kappa shape index (κ2) is 12.3. The normalized spacial score (nSPS) is 11.4. The van der Waals surface area contributed by atoms with Gasteiger partial charge in [-0.25, -0.2) is 0 Å². The maximum absolute atomic E-state index is 3.40. The molecule has 1 heteroatoms. The summed E-state index contributed by atoms with van der Waals surface area (Å²) in [5, 5.41) is 7.96. The largest absolute Gasteiger partial charge is 0.135 e. The van der Waals surface area contributed by atoms with Gasteiger partial charge >= 0.3 is 0 Å². The molecule has 0 atom stereocenters. The molecule has 0 saturated carbocycles. The van der Waals surface area contributed by atoms with Gasteiger partial charge in [0.1, 0.15) is 0 Å². The number of rotatable bonds is 9. The molecule has 0 unspecified atom stereocenters. The van der Waals surface area contributed by atoms with Crippen LogP contribution in [0.15, 0.2) is 84.9 Å². The number of hydrogen-bond donors (Lipinski definition) is 0. The zero-order valence-corrected chi connectivity index (χ0v) is 24.7. The van der Waals surface area contributed by atoms with Crippen LogP contribution in [0, 0.1) is 11.8 Å². The van der Waals surface area contributed by atoms with Crippen molar-refractivity contribution in [2.24, 2.45) is 0 Å². The molecule has 0 N–H and O–H groups in total. The maximum Gasteiger partial charge on any atom is 0.0361 e. The summed E-state index contributed by atoms with van der Waals surface area (Å²) in [5.74, 6) is 6.77. The van der Waals surface area contributed by atoms with Crippen LogP contribution in [-0.4, -0.2) is 0 Å². The number of fused-ring (bicyclic) bond motifs is 5. The average molecular weight is 539 g/mol. The summed E-state index contributed by atoms with van der Waals surface area (Å²) in [5.41, 5.74) is 5.02. The van der Waals surface area contributed by atoms with E-state index in [0.717, 1.165) is 17.5 Å². The molecule has 5 aromatic carbocycles. The number of unbranched alkanes of at least 4 members (excludes halogenated alkanes) is 5. The first kappa shape index (κ1) is 26.6. The van der Waals surface area contributed by atoms with E-state index in [-0.39, 0.29) is 0 Å². The third-order valence-corrected chi connectivity index (χ3v) is 9.26. The number of hydrogen-bond acceptors (Lipinski definition) is 1. The Morgan fingerprint density at radius 1 is 0.475 bits per heavy atom. The van der Waals surface area contributed by atoms with E-state index in [9.17, 15) is 0 Å². The minimum atomic E-state index is 1.07. The van der Waals surface area contributed by atoms with Crippen molar-refractivity contribution in [1.82, 2.24) is 0 Å². The summed E-state index contributed by atoms with van der Waals surface area (Å²) < 4.78 is 2.72. The molecule has 1 aromatic heterocycles. The molecule has 0 bridgehead atoms. The molecule has 0 nitrogen and oxygen atoms in total. The lowest BCUT2D eigenvalue weighted by atomic mass is 9.99. The van der Waals surface area contributed by atoms with E-state index in [0.29, 0.717) is 0 Å². The molecular formula is C39H38S. The minimum Gasteiger partial charge on any atom is -0.135 e. The molecule has 0 aliphatic rings. The van der Waals surface area contributed by atoms with Crippen LogP contribution in [0.4, 0.5) is 0 Å². The predicted molar refractivity (Wildman–Crippen MR) is 178 cm³/mol. The Hall–Kier alpha value is -3.60. The van der Waals surface area contributed by atoms with Gasteiger partial charge in [0, 0.05) is 31.3 Å². The van der Waals surface area contributed by atoms with Crippen molar-refractivity contribution in [3.8, 4) is 11.8 Å². The molecule has 0 fully saturated rings. The third kappa shape index (κ3) is 5.94. The van der Waals surface area contributed by atoms with Crippen molar-refractivity contribution < 1.29 is 0 Å². The fraction of sp³-hybridized carbons (Fsp3) is 0.282. The molecule has 0 saturated heterocycles. The van der Waals surface area contributed by atoms with Crippen molar-refractivity contribution in [3.05, 3.63) is 107 Å². The molecule has 6 aromatic rings. The van der Waals surface area contributed by atoms with Crippen LogP contribution in [0.5, 0.6) is 0 Å². The first-order valence-corrected chi connectivity index (χ1v) is 16.0. The standard InChI is InChI=1S/C39H38S/c1-3-5-7-9-11-30-18-20-32-24-36-37-25-33-21-19-31(17-16-29-14-12-28(13-15-29)10-8-6-4-2)23-35(33)27-39(37)40-38(36)26-34(32)22-30/h12-15,18-27H,3-11H2,1-2H3. The van der Waals surface area contributed by atoms with Gasteiger partial charge in [0.05, 0.1) is 0 Å². The average Bonchev–Trinajstić information content (AvgIpc) is 3.32. The zero-order chi connectivity index (χ0) is 27.3. The third-order valence-electron chi connectivity index (χ3n) is 8.14. The first-order valence-electron chi connectivity index (χ1n) is 15.1. The van der Waals surface area contributed by atoms with E-state index in [2.05, 4.69) is 111 Å². The molecule has 0 radical (unpaired) electrons. The Bertz CT molecular complexity index is 1840. The van der Waals surface area contributed by atoms with E-state index < -0.39 is 0 Å². The van der Waals surface area contributed by atoms with Gasteiger partial charge in [0.25, 0.3) is 0 Å². The lowest BCUT2D eigenvalue weighted by molar-refractivity contribution is 0.667. The molecule has 200 valence electrons. The molecule has 0 aliphatic heterocycles. The second-order valence-corrected chi connectivity index (χ2v) is 12.3. The minimum absolute atomic E-state index is 1.07. The summed E-state index contributed by atoms with van der Waals surface area (Å²) in [7, 11) is 0. The van der Waals surface area contributed by atoms with Crippen molar-refractivity contribution >= 4 is 53.1 Å². The van der Waals surface area contributed by atoms with Crippen LogP contribution in [-0.2, 0) is 12.8 Å². The summed E-state index contributed by atoms with van der Waals surface area (Å²) in [6.07, 6.45) is 11.4. The Kier molecular flexibility index (Phi) is 8.17. The summed E-state index contributed by atoms with van der Waals surface area (Å²) in [6, 6.07) is 32.0. The maximum atomic E-state index is 3.40. The predicted octanol–water partition coefficient (Wildman–Crippen LogP) is 11.6. The van der Waals surface area contributed by atoms with E-state index >= 15 is 0 Å². The summed E-state index contributed by atoms with van der Waals surface area (Å²) in [4.78, 5) is 0. The van der Waals surface area contributed by atoms with Gasteiger partial charge in [-0.3, -0.25) is 0 Å². The van der Waals surface area contributed by atoms with E-state index in [1.807, 2.05) is 11.3 Å². The van der Waals surface area contributed by atoms with Crippen LogP contribution in [0.25, 0.3) is 41.7 Å². The van der Waals surface area contributed by atoms with Gasteiger partial charge in [-0.05, 0) is 107 Å². The number of aryl methyl sites for hydroxylation is 2. The molecular weight excluding hydrogens is 500 g/mol. The van der Waals surface area contributed by atoms with E-state index in [1.54, 1.807) is 0 Å². The molecule has 0 amide bonds. The van der Waals surface area contributed by atoms with Gasteiger partial charge in [-0.2, -0.15) is 0 Å². The highest BCUT2D eigenvalue weighted by molar-refractivity contribution is 7.26. The topological polar surface area (TPSA) is 0 Å². The van der Waals surface area contributed by atoms with Crippen molar-refractivity contribution in [2.45, 2.75) is 71.6 Å². The van der Waals surface area contributed by atoms with Gasteiger partial charge < -0.3 is 0 Å². The highest BCUT2D eigenvalue weighted by Gasteiger charge is 2.09. The monoisotopic (exact) mass is 538 g/mol. The fourth-order valence-corrected chi connectivity index (χ4v) is 6.95. The second-order valence-electron chi connectivity index (χ2n) is 11.3. The first-order chi connectivity index (χ1) is 19.7. The Labute approximate surface area is 243 Å². The quantitative estimate of drug-likeness (QED) is 0.127. The van der Waals surface area contributed by atoms with Crippen molar-refractivity contribution in [3.63, 3.8) is 0 Å². The van der Waals surface area contributed by atoms with E-state index in [4.69, 9.17) is 0 Å². The molecule has 1 heterocycles. The van der Waals surface area contributed by atoms with Crippen LogP contribution in [0.3, 0.4) is 0 Å². The van der Waals surface area contributed by atoms with Gasteiger partial charge in [-0.15, -0.1) is 11.3 Å². The van der Waals surface area contributed by atoms with Crippen LogP contribution >= 0.6 is 11.3 Å². The molecule has 6 rings (SSSR count). The van der Waals surface area contributed by atoms with E-state index in [1.165, 1.54) is 104 Å². The van der Waals surface area contributed by atoms with Gasteiger partial charge in [-0.1, -0.05) is 94.2 Å². The molecule has 0 spiro atoms. The smallest absolute Gasteiger partial charge is 0.0361 e. The highest BCUT2D eigenvalue weighted by atomic mass is 32.1. The van der Waals surface area contributed by atoms with Gasteiger partial charge in [0.2, 0.25) is 0 Å². The Morgan fingerprint density at radius 3 is 1.75 bits per heavy atom. The lowest BCUT2D eigenvalue weighted by Crippen LogP contribution is -1.86. The van der Waals surface area contributed by atoms with Crippen molar-refractivity contribution in [2.75, 3.05) is 0 Å². The van der Waals surface area contributed by atoms with Crippen LogP contribution < -0.4 is 0 Å². The number of thiophene rings is 1. The summed E-state index contributed by atoms with van der Waals surface area (Å²) in [6.45, 7) is 4.53. The SMILES string of the molecule is CCCCCCc1ccc2cc3c(cc2c1)sc1cc2cc(C#Cc4ccc(CCCCC)cc4)ccc2cc13. The zero-order valence-electron chi connectivity index (χ0n) is 23.9. The number of benzene rings is 5. The van der Waals surface area contributed by atoms with Crippen LogP contribution in [0.1, 0.15) is 81.0 Å².